The summed E-state index contributed by atoms with van der Waals surface area (Å²) in [7, 11) is 0. The van der Waals surface area contributed by atoms with Gasteiger partial charge in [-0.05, 0) is 0 Å². The van der Waals surface area contributed by atoms with Gasteiger partial charge in [0.1, 0.15) is 11.0 Å². The van der Waals surface area contributed by atoms with E-state index in [-0.39, 0.29) is 16.9 Å². The molecule has 0 bridgehead atoms. The van der Waals surface area contributed by atoms with Gasteiger partial charge in [0.15, 0.2) is 0 Å². The van der Waals surface area contributed by atoms with Gasteiger partial charge in [-0.15, -0.1) is 0 Å². The van der Waals surface area contributed by atoms with Crippen molar-refractivity contribution in [1.82, 2.24) is 9.55 Å². The molecule has 0 fully saturated rings. The van der Waals surface area contributed by atoms with Gasteiger partial charge in [-0.3, -0.25) is 4.79 Å². The average molecular weight is 223 g/mol. The van der Waals surface area contributed by atoms with Gasteiger partial charge in [0.05, 0.1) is 0 Å². The van der Waals surface area contributed by atoms with Crippen LogP contribution in [-0.4, -0.2) is 9.55 Å². The van der Waals surface area contributed by atoms with Crippen molar-refractivity contribution >= 4 is 11.6 Å². The SMILES string of the molecule is CC(C)c1nc(Cl)cc(=O)n1C(F)F. The summed E-state index contributed by atoms with van der Waals surface area (Å²) in [4.78, 5) is 14.9. The molecule has 0 saturated heterocycles. The summed E-state index contributed by atoms with van der Waals surface area (Å²) in [6.45, 7) is 0.443. The molecule has 0 N–H and O–H groups in total. The zero-order valence-electron chi connectivity index (χ0n) is 7.67. The quantitative estimate of drug-likeness (QED) is 0.721. The second-order valence-corrected chi connectivity index (χ2v) is 3.46. The van der Waals surface area contributed by atoms with Gasteiger partial charge in [-0.2, -0.15) is 8.78 Å². The lowest BCUT2D eigenvalue weighted by Crippen LogP contribution is -2.25. The zero-order chi connectivity index (χ0) is 10.9. The Hall–Kier alpha value is -0.970. The van der Waals surface area contributed by atoms with Crippen molar-refractivity contribution in [2.45, 2.75) is 26.3 Å². The molecule has 1 heterocycles. The molecule has 1 aromatic heterocycles. The van der Waals surface area contributed by atoms with E-state index in [4.69, 9.17) is 11.6 Å². The van der Waals surface area contributed by atoms with E-state index in [2.05, 4.69) is 4.98 Å². The molecule has 0 aliphatic carbocycles. The molecule has 0 aliphatic heterocycles. The van der Waals surface area contributed by atoms with Crippen molar-refractivity contribution in [3.05, 3.63) is 27.4 Å². The fraction of sp³-hybridized carbons (Fsp3) is 0.500. The van der Waals surface area contributed by atoms with Crippen molar-refractivity contribution in [3.8, 4) is 0 Å². The van der Waals surface area contributed by atoms with Crippen LogP contribution in [0.4, 0.5) is 8.78 Å². The molecule has 0 aliphatic rings. The molecule has 0 atom stereocenters. The van der Waals surface area contributed by atoms with Gasteiger partial charge in [0, 0.05) is 12.0 Å². The summed E-state index contributed by atoms with van der Waals surface area (Å²) in [5.41, 5.74) is -0.830. The topological polar surface area (TPSA) is 34.9 Å². The van der Waals surface area contributed by atoms with Gasteiger partial charge in [-0.25, -0.2) is 9.55 Å². The molecule has 0 radical (unpaired) electrons. The lowest BCUT2D eigenvalue weighted by Gasteiger charge is -2.13. The standard InChI is InChI=1S/C8H9ClF2N2O/c1-4(2)7-12-5(9)3-6(14)13(7)8(10)11/h3-4,8H,1-2H3. The van der Waals surface area contributed by atoms with Crippen molar-refractivity contribution in [2.75, 3.05) is 0 Å². The van der Waals surface area contributed by atoms with Gasteiger partial charge in [0.2, 0.25) is 0 Å². The number of nitrogens with zero attached hydrogens (tertiary/aromatic N) is 2. The Kier molecular flexibility index (Phi) is 3.21. The smallest absolute Gasteiger partial charge is 0.269 e. The highest BCUT2D eigenvalue weighted by Gasteiger charge is 2.17. The van der Waals surface area contributed by atoms with Crippen LogP contribution in [0.25, 0.3) is 0 Å². The predicted molar refractivity (Wildman–Crippen MR) is 48.8 cm³/mol. The number of hydrogen-bond acceptors (Lipinski definition) is 2. The van der Waals surface area contributed by atoms with Gasteiger partial charge in [-0.1, -0.05) is 25.4 Å². The minimum absolute atomic E-state index is 0.00231. The second kappa shape index (κ2) is 4.04. The highest BCUT2D eigenvalue weighted by molar-refractivity contribution is 6.29. The van der Waals surface area contributed by atoms with Crippen molar-refractivity contribution in [1.29, 1.82) is 0 Å². The van der Waals surface area contributed by atoms with Gasteiger partial charge in [0.25, 0.3) is 5.56 Å². The van der Waals surface area contributed by atoms with E-state index in [0.717, 1.165) is 6.07 Å². The highest BCUT2D eigenvalue weighted by Crippen LogP contribution is 2.17. The highest BCUT2D eigenvalue weighted by atomic mass is 35.5. The lowest BCUT2D eigenvalue weighted by atomic mass is 10.2. The summed E-state index contributed by atoms with van der Waals surface area (Å²) >= 11 is 5.50. The van der Waals surface area contributed by atoms with Crippen molar-refractivity contribution in [2.24, 2.45) is 0 Å². The third kappa shape index (κ3) is 2.09. The van der Waals surface area contributed by atoms with E-state index >= 15 is 0 Å². The van der Waals surface area contributed by atoms with Gasteiger partial charge < -0.3 is 0 Å². The first kappa shape index (κ1) is 11.1. The second-order valence-electron chi connectivity index (χ2n) is 3.08. The number of alkyl halides is 2. The molecule has 1 rings (SSSR count). The van der Waals surface area contributed by atoms with Crippen molar-refractivity contribution in [3.63, 3.8) is 0 Å². The van der Waals surface area contributed by atoms with E-state index in [1.165, 1.54) is 0 Å². The Labute approximate surface area is 84.3 Å². The third-order valence-corrected chi connectivity index (χ3v) is 1.85. The Bertz CT molecular complexity index is 389. The number of aromatic nitrogens is 2. The third-order valence-electron chi connectivity index (χ3n) is 1.66. The van der Waals surface area contributed by atoms with Gasteiger partial charge >= 0.3 is 6.55 Å². The summed E-state index contributed by atoms with van der Waals surface area (Å²) in [6.07, 6.45) is 0. The molecular formula is C8H9ClF2N2O. The molecule has 0 spiro atoms. The normalized spacial score (nSPS) is 11.4. The van der Waals surface area contributed by atoms with Crippen LogP contribution in [0.2, 0.25) is 5.15 Å². The van der Waals surface area contributed by atoms with Crippen LogP contribution < -0.4 is 5.56 Å². The maximum Gasteiger partial charge on any atom is 0.322 e. The fourth-order valence-corrected chi connectivity index (χ4v) is 1.26. The van der Waals surface area contributed by atoms with Crippen LogP contribution in [0.1, 0.15) is 32.1 Å². The molecular weight excluding hydrogens is 214 g/mol. The molecule has 0 unspecified atom stereocenters. The Morgan fingerprint density at radius 3 is 2.50 bits per heavy atom. The van der Waals surface area contributed by atoms with E-state index in [1.54, 1.807) is 13.8 Å². The first-order valence-electron chi connectivity index (χ1n) is 4.00. The molecule has 1 aromatic rings. The minimum atomic E-state index is -2.88. The molecule has 0 aromatic carbocycles. The van der Waals surface area contributed by atoms with E-state index < -0.39 is 12.1 Å². The van der Waals surface area contributed by atoms with Crippen LogP contribution >= 0.6 is 11.6 Å². The minimum Gasteiger partial charge on any atom is -0.269 e. The van der Waals surface area contributed by atoms with E-state index in [9.17, 15) is 13.6 Å². The van der Waals surface area contributed by atoms with Crippen molar-refractivity contribution < 1.29 is 8.78 Å². The van der Waals surface area contributed by atoms with E-state index in [0.29, 0.717) is 4.57 Å². The Morgan fingerprint density at radius 2 is 2.07 bits per heavy atom. The fourth-order valence-electron chi connectivity index (χ4n) is 1.08. The molecule has 14 heavy (non-hydrogen) atoms. The van der Waals surface area contributed by atoms with Crippen LogP contribution in [-0.2, 0) is 0 Å². The largest absolute Gasteiger partial charge is 0.322 e. The molecule has 0 amide bonds. The van der Waals surface area contributed by atoms with Crippen LogP contribution in [0.5, 0.6) is 0 Å². The lowest BCUT2D eigenvalue weighted by molar-refractivity contribution is 0.0607. The van der Waals surface area contributed by atoms with Crippen LogP contribution in [0.15, 0.2) is 10.9 Å². The summed E-state index contributed by atoms with van der Waals surface area (Å²) in [6, 6.07) is 0.875. The average Bonchev–Trinajstić information content (AvgIpc) is 2.01. The summed E-state index contributed by atoms with van der Waals surface area (Å²) in [5, 5.41) is -0.0596. The molecule has 0 saturated carbocycles. The molecule has 6 heteroatoms. The summed E-state index contributed by atoms with van der Waals surface area (Å²) < 4.78 is 25.3. The maximum atomic E-state index is 12.5. The Balaban J connectivity index is 3.45. The number of rotatable bonds is 2. The molecule has 3 nitrogen and oxygen atoms in total. The zero-order valence-corrected chi connectivity index (χ0v) is 8.42. The monoisotopic (exact) mass is 222 g/mol. The van der Waals surface area contributed by atoms with Crippen LogP contribution in [0, 0.1) is 0 Å². The first-order chi connectivity index (χ1) is 6.43. The van der Waals surface area contributed by atoms with E-state index in [1.807, 2.05) is 0 Å². The van der Waals surface area contributed by atoms with Crippen LogP contribution in [0.3, 0.4) is 0 Å². The number of halogens is 3. The maximum absolute atomic E-state index is 12.5. The Morgan fingerprint density at radius 1 is 1.50 bits per heavy atom. The summed E-state index contributed by atoms with van der Waals surface area (Å²) in [5.74, 6) is -0.284. The number of hydrogen-bond donors (Lipinski definition) is 0. The first-order valence-corrected chi connectivity index (χ1v) is 4.38. The predicted octanol–water partition coefficient (Wildman–Crippen LogP) is 2.42. The molecule has 78 valence electrons.